The second-order valence-corrected chi connectivity index (χ2v) is 3.63. The number of nitrogens with one attached hydrogen (secondary N) is 1. The molecule has 0 radical (unpaired) electrons. The van der Waals surface area contributed by atoms with Crippen molar-refractivity contribution >= 4 is 6.03 Å². The van der Waals surface area contributed by atoms with Gasteiger partial charge in [0.1, 0.15) is 5.54 Å². The molecule has 0 aliphatic carbocycles. The molecule has 4 nitrogen and oxygen atoms in total. The normalized spacial score (nSPS) is 23.7. The first-order valence-electron chi connectivity index (χ1n) is 3.97. The maximum atomic E-state index is 11.3. The van der Waals surface area contributed by atoms with Gasteiger partial charge in [-0.25, -0.2) is 4.79 Å². The number of hydrogen-bond acceptors (Lipinski definition) is 2. The van der Waals surface area contributed by atoms with E-state index in [9.17, 15) is 4.79 Å². The Kier molecular flexibility index (Phi) is 1.97. The molecule has 1 aliphatic rings. The lowest BCUT2D eigenvalue weighted by molar-refractivity contribution is 0.186. The molecule has 1 aliphatic heterocycles. The van der Waals surface area contributed by atoms with Gasteiger partial charge >= 0.3 is 6.03 Å². The largest absolute Gasteiger partial charge is 0.334 e. The molecule has 0 spiro atoms. The fraction of sp³-hybridized carbons (Fsp3) is 0.750. The summed E-state index contributed by atoms with van der Waals surface area (Å²) in [5.74, 6) is 0. The van der Waals surface area contributed by atoms with Gasteiger partial charge in [0.25, 0.3) is 0 Å². The van der Waals surface area contributed by atoms with Crippen LogP contribution in [0.2, 0.25) is 0 Å². The van der Waals surface area contributed by atoms with Gasteiger partial charge in [0, 0.05) is 12.6 Å². The van der Waals surface area contributed by atoms with Gasteiger partial charge in [0.15, 0.2) is 0 Å². The Bertz CT molecular complexity index is 241. The average molecular weight is 167 g/mol. The van der Waals surface area contributed by atoms with E-state index in [1.165, 1.54) is 0 Å². The van der Waals surface area contributed by atoms with E-state index in [4.69, 9.17) is 5.26 Å². The lowest BCUT2D eigenvalue weighted by Gasteiger charge is -2.27. The highest BCUT2D eigenvalue weighted by Crippen LogP contribution is 2.17. The molecule has 1 saturated heterocycles. The van der Waals surface area contributed by atoms with Crippen LogP contribution in [0.1, 0.15) is 20.8 Å². The van der Waals surface area contributed by atoms with E-state index in [0.29, 0.717) is 6.54 Å². The molecule has 1 fully saturated rings. The van der Waals surface area contributed by atoms with Crippen molar-refractivity contribution in [2.45, 2.75) is 32.4 Å². The molecular weight excluding hydrogens is 154 g/mol. The summed E-state index contributed by atoms with van der Waals surface area (Å²) in [7, 11) is 0. The van der Waals surface area contributed by atoms with Crippen LogP contribution in [-0.4, -0.2) is 29.1 Å². The van der Waals surface area contributed by atoms with Gasteiger partial charge in [0.05, 0.1) is 6.07 Å². The zero-order valence-corrected chi connectivity index (χ0v) is 7.59. The fourth-order valence-corrected chi connectivity index (χ4v) is 1.23. The van der Waals surface area contributed by atoms with Gasteiger partial charge < -0.3 is 10.2 Å². The van der Waals surface area contributed by atoms with Crippen molar-refractivity contribution in [3.63, 3.8) is 0 Å². The zero-order valence-electron chi connectivity index (χ0n) is 7.59. The lowest BCUT2D eigenvalue weighted by atomic mass is 10.1. The molecule has 0 aromatic heterocycles. The highest BCUT2D eigenvalue weighted by Gasteiger charge is 2.36. The second-order valence-electron chi connectivity index (χ2n) is 3.63. The van der Waals surface area contributed by atoms with Crippen molar-refractivity contribution in [1.82, 2.24) is 10.2 Å². The summed E-state index contributed by atoms with van der Waals surface area (Å²) < 4.78 is 0. The third kappa shape index (κ3) is 1.35. The first kappa shape index (κ1) is 8.85. The number of carbonyl (C=O) groups is 1. The Labute approximate surface area is 72.2 Å². The molecule has 2 amide bonds. The van der Waals surface area contributed by atoms with Gasteiger partial charge in [-0.1, -0.05) is 0 Å². The highest BCUT2D eigenvalue weighted by atomic mass is 16.2. The molecule has 66 valence electrons. The number of urea groups is 1. The van der Waals surface area contributed by atoms with Crippen LogP contribution < -0.4 is 5.32 Å². The van der Waals surface area contributed by atoms with Crippen molar-refractivity contribution < 1.29 is 4.79 Å². The van der Waals surface area contributed by atoms with E-state index in [0.717, 1.165) is 0 Å². The molecule has 1 rings (SSSR count). The van der Waals surface area contributed by atoms with E-state index in [1.54, 1.807) is 18.7 Å². The molecule has 0 saturated carbocycles. The summed E-state index contributed by atoms with van der Waals surface area (Å²) in [6.07, 6.45) is 0. The summed E-state index contributed by atoms with van der Waals surface area (Å²) in [5, 5.41) is 11.5. The summed E-state index contributed by atoms with van der Waals surface area (Å²) in [6, 6.07) is 2.10. The average Bonchev–Trinajstić information content (AvgIpc) is 2.31. The van der Waals surface area contributed by atoms with Crippen LogP contribution in [0.5, 0.6) is 0 Å². The number of nitriles is 1. The van der Waals surface area contributed by atoms with Gasteiger partial charge in [-0.2, -0.15) is 5.26 Å². The van der Waals surface area contributed by atoms with Crippen LogP contribution >= 0.6 is 0 Å². The monoisotopic (exact) mass is 167 g/mol. The minimum absolute atomic E-state index is 0.144. The van der Waals surface area contributed by atoms with Gasteiger partial charge in [-0.15, -0.1) is 0 Å². The van der Waals surface area contributed by atoms with Gasteiger partial charge in [0.2, 0.25) is 0 Å². The van der Waals surface area contributed by atoms with E-state index >= 15 is 0 Å². The Hall–Kier alpha value is -1.24. The van der Waals surface area contributed by atoms with Gasteiger partial charge in [-0.05, 0) is 20.8 Å². The molecule has 4 heteroatoms. The Morgan fingerprint density at radius 1 is 1.75 bits per heavy atom. The quantitative estimate of drug-likeness (QED) is 0.625. The van der Waals surface area contributed by atoms with E-state index in [1.807, 2.05) is 6.92 Å². The van der Waals surface area contributed by atoms with Crippen LogP contribution in [0.15, 0.2) is 0 Å². The van der Waals surface area contributed by atoms with Gasteiger partial charge in [-0.3, -0.25) is 0 Å². The molecule has 0 aromatic carbocycles. The smallest absolute Gasteiger partial charge is 0.319 e. The number of carbonyl (C=O) groups excluding carboxylic acids is 1. The summed E-state index contributed by atoms with van der Waals surface area (Å²) in [4.78, 5) is 12.8. The third-order valence-electron chi connectivity index (χ3n) is 2.02. The molecule has 0 bridgehead atoms. The Morgan fingerprint density at radius 3 is 2.67 bits per heavy atom. The van der Waals surface area contributed by atoms with Crippen molar-refractivity contribution in [3.8, 4) is 6.07 Å². The molecule has 1 unspecified atom stereocenters. The van der Waals surface area contributed by atoms with Crippen molar-refractivity contribution in [1.29, 1.82) is 5.26 Å². The standard InChI is InChI=1S/C8H13N3O/c1-6-4-11(7(12)10-6)8(2,3)5-9/h6H,4H2,1-3H3,(H,10,12). The van der Waals surface area contributed by atoms with Crippen LogP contribution in [-0.2, 0) is 0 Å². The number of rotatable bonds is 1. The number of amides is 2. The first-order chi connectivity index (χ1) is 5.47. The Balaban J connectivity index is 2.79. The van der Waals surface area contributed by atoms with E-state index < -0.39 is 5.54 Å². The molecule has 1 N–H and O–H groups in total. The molecule has 1 atom stereocenters. The SMILES string of the molecule is CC1CN(C(C)(C)C#N)C(=O)N1. The minimum Gasteiger partial charge on any atom is -0.334 e. The number of nitrogens with zero attached hydrogens (tertiary/aromatic N) is 2. The topological polar surface area (TPSA) is 56.1 Å². The summed E-state index contributed by atoms with van der Waals surface area (Å²) >= 11 is 0. The van der Waals surface area contributed by atoms with Crippen molar-refractivity contribution in [2.75, 3.05) is 6.54 Å². The molecular formula is C8H13N3O. The molecule has 12 heavy (non-hydrogen) atoms. The maximum Gasteiger partial charge on any atom is 0.319 e. The van der Waals surface area contributed by atoms with Crippen molar-refractivity contribution in [2.24, 2.45) is 0 Å². The van der Waals surface area contributed by atoms with E-state index in [-0.39, 0.29) is 12.1 Å². The van der Waals surface area contributed by atoms with Crippen LogP contribution in [0.4, 0.5) is 4.79 Å². The van der Waals surface area contributed by atoms with Crippen LogP contribution in [0.3, 0.4) is 0 Å². The Morgan fingerprint density at radius 2 is 2.33 bits per heavy atom. The van der Waals surface area contributed by atoms with Crippen LogP contribution in [0, 0.1) is 11.3 Å². The molecule has 0 aromatic rings. The van der Waals surface area contributed by atoms with E-state index in [2.05, 4.69) is 11.4 Å². The second kappa shape index (κ2) is 2.67. The first-order valence-corrected chi connectivity index (χ1v) is 3.97. The van der Waals surface area contributed by atoms with Crippen LogP contribution in [0.25, 0.3) is 0 Å². The minimum atomic E-state index is -0.700. The van der Waals surface area contributed by atoms with Crippen molar-refractivity contribution in [3.05, 3.63) is 0 Å². The lowest BCUT2D eigenvalue weighted by Crippen LogP contribution is -2.44. The predicted octanol–water partition coefficient (Wildman–Crippen LogP) is 0.702. The summed E-state index contributed by atoms with van der Waals surface area (Å²) in [5.41, 5.74) is -0.700. The fourth-order valence-electron chi connectivity index (χ4n) is 1.23. The zero-order chi connectivity index (χ0) is 9.35. The predicted molar refractivity (Wildman–Crippen MR) is 44.4 cm³/mol. The summed E-state index contributed by atoms with van der Waals surface area (Å²) in [6.45, 7) is 6.01. The molecule has 1 heterocycles. The third-order valence-corrected chi connectivity index (χ3v) is 2.02. The highest BCUT2D eigenvalue weighted by molar-refractivity contribution is 5.78. The number of hydrogen-bond donors (Lipinski definition) is 1. The maximum absolute atomic E-state index is 11.3.